The first kappa shape index (κ1) is 21.8. The van der Waals surface area contributed by atoms with Gasteiger partial charge in [0.1, 0.15) is 0 Å². The number of hydrogen-bond donors (Lipinski definition) is 3. The number of aliphatic hydroxyl groups is 1. The second-order valence-corrected chi connectivity index (χ2v) is 8.59. The van der Waals surface area contributed by atoms with E-state index in [1.807, 2.05) is 13.0 Å². The number of carbonyl (C=O) groups is 2. The molecule has 0 saturated heterocycles. The molecule has 1 amide bonds. The molecule has 3 rings (SSSR count). The fourth-order valence-electron chi connectivity index (χ4n) is 4.46. The fourth-order valence-corrected chi connectivity index (χ4v) is 4.46. The van der Waals surface area contributed by atoms with Crippen LogP contribution in [0.2, 0.25) is 0 Å². The van der Waals surface area contributed by atoms with E-state index in [2.05, 4.69) is 24.5 Å². The lowest BCUT2D eigenvalue weighted by Gasteiger charge is -2.30. The molecule has 160 valence electrons. The number of rotatable bonds is 7. The maximum Gasteiger partial charge on any atom is 0.314 e. The molecule has 1 aromatic rings. The summed E-state index contributed by atoms with van der Waals surface area (Å²) in [6.45, 7) is 6.15. The Morgan fingerprint density at radius 2 is 1.97 bits per heavy atom. The number of nitrogens with one attached hydrogen (secondary N) is 2. The maximum atomic E-state index is 12.6. The summed E-state index contributed by atoms with van der Waals surface area (Å²) in [6.07, 6.45) is 5.98. The van der Waals surface area contributed by atoms with E-state index in [1.54, 1.807) is 6.07 Å². The standard InChI is InChI=1S/C23H34N2O4/c1-4-18(24-14(2)3)22(27)17-10-12-19(21-16(17)11-13-20(26)25-21)29-23(28)15-8-6-5-7-9-15/h10,12,14-15,18,22,24,27H,4-9,11,13H2,1-3H3,(H,25,26). The van der Waals surface area contributed by atoms with Crippen LogP contribution in [0.4, 0.5) is 5.69 Å². The molecule has 1 aliphatic carbocycles. The van der Waals surface area contributed by atoms with Crippen LogP contribution >= 0.6 is 0 Å². The number of hydrogen-bond acceptors (Lipinski definition) is 5. The Hall–Kier alpha value is -1.92. The van der Waals surface area contributed by atoms with Crippen LogP contribution in [0.1, 0.15) is 82.9 Å². The third-order valence-corrected chi connectivity index (χ3v) is 6.01. The molecule has 6 nitrogen and oxygen atoms in total. The minimum Gasteiger partial charge on any atom is -0.424 e. The first-order chi connectivity index (χ1) is 13.9. The highest BCUT2D eigenvalue weighted by Crippen LogP contribution is 2.39. The summed E-state index contributed by atoms with van der Waals surface area (Å²) >= 11 is 0. The van der Waals surface area contributed by atoms with Crippen molar-refractivity contribution in [3.8, 4) is 5.75 Å². The molecule has 1 heterocycles. The highest BCUT2D eigenvalue weighted by Gasteiger charge is 2.30. The Morgan fingerprint density at radius 3 is 2.62 bits per heavy atom. The van der Waals surface area contributed by atoms with Gasteiger partial charge in [0.25, 0.3) is 0 Å². The molecular formula is C23H34N2O4. The molecule has 2 atom stereocenters. The number of ether oxygens (including phenoxy) is 1. The molecule has 3 N–H and O–H groups in total. The van der Waals surface area contributed by atoms with Gasteiger partial charge in [0.2, 0.25) is 5.91 Å². The van der Waals surface area contributed by atoms with Crippen LogP contribution in [0.15, 0.2) is 12.1 Å². The number of fused-ring (bicyclic) bond motifs is 1. The van der Waals surface area contributed by atoms with Gasteiger partial charge in [-0.25, -0.2) is 0 Å². The molecule has 0 bridgehead atoms. The summed E-state index contributed by atoms with van der Waals surface area (Å²) in [4.78, 5) is 24.7. The van der Waals surface area contributed by atoms with E-state index in [0.717, 1.165) is 43.2 Å². The Labute approximate surface area is 173 Å². The summed E-state index contributed by atoms with van der Waals surface area (Å²) in [5.41, 5.74) is 2.20. The third-order valence-electron chi connectivity index (χ3n) is 6.01. The van der Waals surface area contributed by atoms with Gasteiger partial charge in [-0.2, -0.15) is 0 Å². The van der Waals surface area contributed by atoms with Crippen molar-refractivity contribution in [3.05, 3.63) is 23.3 Å². The topological polar surface area (TPSA) is 87.7 Å². The van der Waals surface area contributed by atoms with Crippen LogP contribution in [0, 0.1) is 5.92 Å². The van der Waals surface area contributed by atoms with Gasteiger partial charge in [0, 0.05) is 18.5 Å². The highest BCUT2D eigenvalue weighted by molar-refractivity contribution is 5.96. The first-order valence-corrected chi connectivity index (χ1v) is 11.0. The number of benzene rings is 1. The normalized spacial score (nSPS) is 19.4. The van der Waals surface area contributed by atoms with Gasteiger partial charge < -0.3 is 20.5 Å². The second kappa shape index (κ2) is 9.72. The molecule has 1 aromatic carbocycles. The molecule has 6 heteroatoms. The quantitative estimate of drug-likeness (QED) is 0.476. The molecular weight excluding hydrogens is 368 g/mol. The van der Waals surface area contributed by atoms with Crippen molar-refractivity contribution in [3.63, 3.8) is 0 Å². The van der Waals surface area contributed by atoms with Gasteiger partial charge in [-0.15, -0.1) is 0 Å². The Kier molecular flexibility index (Phi) is 7.30. The van der Waals surface area contributed by atoms with E-state index >= 15 is 0 Å². The largest absolute Gasteiger partial charge is 0.424 e. The van der Waals surface area contributed by atoms with Crippen molar-refractivity contribution in [1.29, 1.82) is 0 Å². The molecule has 2 unspecified atom stereocenters. The molecule has 2 aliphatic rings. The number of amides is 1. The van der Waals surface area contributed by atoms with Crippen molar-refractivity contribution >= 4 is 17.6 Å². The van der Waals surface area contributed by atoms with Crippen LogP contribution in [-0.2, 0) is 16.0 Å². The van der Waals surface area contributed by atoms with Crippen molar-refractivity contribution in [2.75, 3.05) is 5.32 Å². The van der Waals surface area contributed by atoms with Gasteiger partial charge in [-0.05, 0) is 42.9 Å². The van der Waals surface area contributed by atoms with E-state index in [9.17, 15) is 14.7 Å². The van der Waals surface area contributed by atoms with E-state index in [1.165, 1.54) is 6.42 Å². The molecule has 0 radical (unpaired) electrons. The van der Waals surface area contributed by atoms with Gasteiger partial charge in [-0.1, -0.05) is 46.1 Å². The third kappa shape index (κ3) is 5.17. The predicted octanol–water partition coefficient (Wildman–Crippen LogP) is 3.87. The van der Waals surface area contributed by atoms with Crippen molar-refractivity contribution in [1.82, 2.24) is 5.32 Å². The average molecular weight is 403 g/mol. The monoisotopic (exact) mass is 402 g/mol. The minimum atomic E-state index is -0.700. The molecule has 1 saturated carbocycles. The molecule has 1 aliphatic heterocycles. The van der Waals surface area contributed by atoms with Crippen LogP contribution in [0.25, 0.3) is 0 Å². The predicted molar refractivity (Wildman–Crippen MR) is 113 cm³/mol. The SMILES string of the molecule is CCC(NC(C)C)C(O)c1ccc(OC(=O)C2CCCCC2)c2c1CCC(=O)N2. The minimum absolute atomic E-state index is 0.0660. The summed E-state index contributed by atoms with van der Waals surface area (Å²) in [5, 5.41) is 17.3. The molecule has 1 fully saturated rings. The van der Waals surface area contributed by atoms with Crippen molar-refractivity contribution in [2.24, 2.45) is 5.92 Å². The Balaban J connectivity index is 1.88. The summed E-state index contributed by atoms with van der Waals surface area (Å²) in [7, 11) is 0. The van der Waals surface area contributed by atoms with E-state index in [4.69, 9.17) is 4.74 Å². The lowest BCUT2D eigenvalue weighted by molar-refractivity contribution is -0.140. The number of esters is 1. The zero-order valence-corrected chi connectivity index (χ0v) is 17.8. The van der Waals surface area contributed by atoms with Gasteiger partial charge in [0.05, 0.1) is 17.7 Å². The first-order valence-electron chi connectivity index (χ1n) is 11.0. The molecule has 0 aromatic heterocycles. The zero-order chi connectivity index (χ0) is 21.0. The van der Waals surface area contributed by atoms with Gasteiger partial charge >= 0.3 is 5.97 Å². The maximum absolute atomic E-state index is 12.6. The fraction of sp³-hybridized carbons (Fsp3) is 0.652. The lowest BCUT2D eigenvalue weighted by Crippen LogP contribution is -2.39. The van der Waals surface area contributed by atoms with Gasteiger partial charge in [0.15, 0.2) is 5.75 Å². The van der Waals surface area contributed by atoms with Crippen molar-refractivity contribution in [2.45, 2.75) is 90.3 Å². The number of carbonyl (C=O) groups excluding carboxylic acids is 2. The summed E-state index contributed by atoms with van der Waals surface area (Å²) in [6, 6.07) is 3.72. The molecule has 29 heavy (non-hydrogen) atoms. The zero-order valence-electron chi connectivity index (χ0n) is 17.8. The van der Waals surface area contributed by atoms with E-state index in [0.29, 0.717) is 24.3 Å². The summed E-state index contributed by atoms with van der Waals surface area (Å²) in [5.74, 6) is 0.0208. The number of anilines is 1. The second-order valence-electron chi connectivity index (χ2n) is 8.59. The summed E-state index contributed by atoms with van der Waals surface area (Å²) < 4.78 is 5.74. The number of aliphatic hydroxyl groups excluding tert-OH is 1. The van der Waals surface area contributed by atoms with Crippen LogP contribution in [0.3, 0.4) is 0 Å². The van der Waals surface area contributed by atoms with Crippen LogP contribution in [0.5, 0.6) is 5.75 Å². The Morgan fingerprint density at radius 1 is 1.24 bits per heavy atom. The average Bonchev–Trinajstić information content (AvgIpc) is 2.72. The van der Waals surface area contributed by atoms with Crippen LogP contribution in [-0.4, -0.2) is 29.1 Å². The Bertz CT molecular complexity index is 741. The van der Waals surface area contributed by atoms with Gasteiger partial charge in [-0.3, -0.25) is 9.59 Å². The smallest absolute Gasteiger partial charge is 0.314 e. The lowest BCUT2D eigenvalue weighted by atomic mass is 9.89. The van der Waals surface area contributed by atoms with E-state index < -0.39 is 6.10 Å². The highest BCUT2D eigenvalue weighted by atomic mass is 16.5. The molecule has 0 spiro atoms. The van der Waals surface area contributed by atoms with Crippen molar-refractivity contribution < 1.29 is 19.4 Å². The van der Waals surface area contributed by atoms with E-state index in [-0.39, 0.29) is 29.9 Å². The van der Waals surface area contributed by atoms with Crippen LogP contribution < -0.4 is 15.4 Å².